The first-order valence-corrected chi connectivity index (χ1v) is 3.87. The first kappa shape index (κ1) is 8.49. The van der Waals surface area contributed by atoms with Crippen LogP contribution >= 0.6 is 0 Å². The van der Waals surface area contributed by atoms with Crippen molar-refractivity contribution in [3.8, 4) is 0 Å². The van der Waals surface area contributed by atoms with Crippen molar-refractivity contribution in [3.05, 3.63) is 0 Å². The lowest BCUT2D eigenvalue weighted by Gasteiger charge is -2.27. The van der Waals surface area contributed by atoms with Crippen LogP contribution in [0.4, 0.5) is 0 Å². The summed E-state index contributed by atoms with van der Waals surface area (Å²) in [7, 11) is 1.95. The van der Waals surface area contributed by atoms with Crippen molar-refractivity contribution in [2.24, 2.45) is 10.7 Å². The summed E-state index contributed by atoms with van der Waals surface area (Å²) in [6, 6.07) is -0.305. The van der Waals surface area contributed by atoms with E-state index in [2.05, 4.69) is 4.99 Å². The second kappa shape index (κ2) is 3.69. The minimum Gasteiger partial charge on any atom is -0.394 e. The summed E-state index contributed by atoms with van der Waals surface area (Å²) in [6.07, 6.45) is 1.08. The lowest BCUT2D eigenvalue weighted by atomic mass is 10.2. The van der Waals surface area contributed by atoms with Gasteiger partial charge in [-0.2, -0.15) is 0 Å². The van der Waals surface area contributed by atoms with Crippen LogP contribution in [0.25, 0.3) is 0 Å². The second-order valence-corrected chi connectivity index (χ2v) is 2.80. The number of nitrogens with two attached hydrogens (primary N) is 1. The summed E-state index contributed by atoms with van der Waals surface area (Å²) in [5, 5.41) is 8.77. The highest BCUT2D eigenvalue weighted by Crippen LogP contribution is 2.01. The van der Waals surface area contributed by atoms with E-state index in [1.807, 2.05) is 11.9 Å². The molecule has 4 nitrogen and oxygen atoms in total. The van der Waals surface area contributed by atoms with E-state index < -0.39 is 0 Å². The van der Waals surface area contributed by atoms with Crippen molar-refractivity contribution >= 4 is 5.84 Å². The van der Waals surface area contributed by atoms with E-state index in [0.717, 1.165) is 25.3 Å². The molecule has 0 amide bonds. The third-order valence-corrected chi connectivity index (χ3v) is 1.84. The van der Waals surface area contributed by atoms with Gasteiger partial charge in [-0.25, -0.2) is 0 Å². The van der Waals surface area contributed by atoms with Crippen LogP contribution in [-0.4, -0.2) is 48.6 Å². The molecule has 4 heteroatoms. The zero-order valence-corrected chi connectivity index (χ0v) is 6.82. The number of hydrogen-bond acceptors (Lipinski definition) is 4. The number of likely N-dealkylation sites (N-methyl/N-ethyl adjacent to an activating group) is 1. The van der Waals surface area contributed by atoms with Crippen molar-refractivity contribution in [1.29, 1.82) is 0 Å². The Kier molecular flexibility index (Phi) is 2.84. The largest absolute Gasteiger partial charge is 0.394 e. The average molecular weight is 157 g/mol. The third kappa shape index (κ3) is 1.91. The van der Waals surface area contributed by atoms with Gasteiger partial charge in [0.05, 0.1) is 12.6 Å². The van der Waals surface area contributed by atoms with Crippen LogP contribution in [0.15, 0.2) is 4.99 Å². The summed E-state index contributed by atoms with van der Waals surface area (Å²) in [5.74, 6) is 0.832. The van der Waals surface area contributed by atoms with E-state index in [0.29, 0.717) is 0 Å². The van der Waals surface area contributed by atoms with E-state index in [9.17, 15) is 0 Å². The van der Waals surface area contributed by atoms with Crippen LogP contribution in [0.2, 0.25) is 0 Å². The molecule has 1 atom stereocenters. The van der Waals surface area contributed by atoms with Crippen LogP contribution in [-0.2, 0) is 0 Å². The molecule has 1 unspecified atom stereocenters. The van der Waals surface area contributed by atoms with Gasteiger partial charge in [0.15, 0.2) is 0 Å². The van der Waals surface area contributed by atoms with Crippen LogP contribution in [0.3, 0.4) is 0 Å². The molecule has 0 aromatic heterocycles. The molecule has 0 fully saturated rings. The number of aliphatic imine (C=N–C) groups is 1. The number of aliphatic hydroxyl groups excluding tert-OH is 1. The quantitative estimate of drug-likeness (QED) is 0.542. The smallest absolute Gasteiger partial charge is 0.118 e. The maximum Gasteiger partial charge on any atom is 0.118 e. The van der Waals surface area contributed by atoms with Gasteiger partial charge in [0.25, 0.3) is 0 Å². The fourth-order valence-electron chi connectivity index (χ4n) is 1.22. The third-order valence-electron chi connectivity index (χ3n) is 1.84. The Morgan fingerprint density at radius 1 is 1.82 bits per heavy atom. The molecule has 0 radical (unpaired) electrons. The Balaban J connectivity index is 2.59. The zero-order valence-electron chi connectivity index (χ0n) is 6.82. The highest BCUT2D eigenvalue weighted by atomic mass is 16.3. The SMILES string of the molecule is CN1CCCN=C1C(N)CO. The number of rotatable bonds is 2. The fraction of sp³-hybridized carbons (Fsp3) is 0.857. The lowest BCUT2D eigenvalue weighted by molar-refractivity contribution is 0.280. The monoisotopic (exact) mass is 157 g/mol. The molecule has 1 aliphatic heterocycles. The number of amidine groups is 1. The molecule has 0 spiro atoms. The number of aliphatic hydroxyl groups is 1. The van der Waals surface area contributed by atoms with Gasteiger partial charge in [-0.3, -0.25) is 4.99 Å². The van der Waals surface area contributed by atoms with Gasteiger partial charge >= 0.3 is 0 Å². The van der Waals surface area contributed by atoms with Crippen molar-refractivity contribution in [2.75, 3.05) is 26.7 Å². The standard InChI is InChI=1S/C7H15N3O/c1-10-4-2-3-9-7(10)6(8)5-11/h6,11H,2-5,8H2,1H3. The van der Waals surface area contributed by atoms with Crippen LogP contribution < -0.4 is 5.73 Å². The topological polar surface area (TPSA) is 61.8 Å². The first-order valence-electron chi connectivity index (χ1n) is 3.87. The van der Waals surface area contributed by atoms with E-state index >= 15 is 0 Å². The average Bonchev–Trinajstić information content (AvgIpc) is 2.04. The second-order valence-electron chi connectivity index (χ2n) is 2.80. The van der Waals surface area contributed by atoms with Gasteiger partial charge in [-0.15, -0.1) is 0 Å². The van der Waals surface area contributed by atoms with E-state index in [4.69, 9.17) is 10.8 Å². The molecule has 3 N–H and O–H groups in total. The van der Waals surface area contributed by atoms with Crippen LogP contribution in [0, 0.1) is 0 Å². The van der Waals surface area contributed by atoms with Crippen molar-refractivity contribution in [2.45, 2.75) is 12.5 Å². The molecular weight excluding hydrogens is 142 g/mol. The molecule has 0 bridgehead atoms. The first-order chi connectivity index (χ1) is 5.25. The maximum absolute atomic E-state index is 8.77. The highest BCUT2D eigenvalue weighted by Gasteiger charge is 2.16. The highest BCUT2D eigenvalue weighted by molar-refractivity contribution is 5.87. The fourth-order valence-corrected chi connectivity index (χ4v) is 1.22. The van der Waals surface area contributed by atoms with Crippen molar-refractivity contribution < 1.29 is 5.11 Å². The van der Waals surface area contributed by atoms with Crippen LogP contribution in [0.1, 0.15) is 6.42 Å². The van der Waals surface area contributed by atoms with Crippen molar-refractivity contribution in [3.63, 3.8) is 0 Å². The Hall–Kier alpha value is -0.610. The van der Waals surface area contributed by atoms with Gasteiger partial charge in [-0.1, -0.05) is 0 Å². The van der Waals surface area contributed by atoms with Crippen LogP contribution in [0.5, 0.6) is 0 Å². The van der Waals surface area contributed by atoms with Gasteiger partial charge in [0, 0.05) is 20.1 Å². The normalized spacial score (nSPS) is 21.4. The van der Waals surface area contributed by atoms with Gasteiger partial charge in [0.1, 0.15) is 5.84 Å². The molecule has 1 heterocycles. The van der Waals surface area contributed by atoms with Gasteiger partial charge in [0.2, 0.25) is 0 Å². The molecule has 0 saturated carbocycles. The summed E-state index contributed by atoms with van der Waals surface area (Å²) >= 11 is 0. The van der Waals surface area contributed by atoms with Gasteiger partial charge in [-0.05, 0) is 6.42 Å². The minimum absolute atomic E-state index is 0.0246. The summed E-state index contributed by atoms with van der Waals surface area (Å²) in [6.45, 7) is 1.81. The summed E-state index contributed by atoms with van der Waals surface area (Å²) in [5.41, 5.74) is 5.62. The number of nitrogens with zero attached hydrogens (tertiary/aromatic N) is 2. The Labute approximate surface area is 66.7 Å². The van der Waals surface area contributed by atoms with E-state index in [1.165, 1.54) is 0 Å². The molecule has 0 saturated heterocycles. The zero-order chi connectivity index (χ0) is 8.27. The maximum atomic E-state index is 8.77. The summed E-state index contributed by atoms with van der Waals surface area (Å²) in [4.78, 5) is 6.24. The molecule has 0 aromatic carbocycles. The molecule has 0 aromatic rings. The Bertz CT molecular complexity index is 158. The Morgan fingerprint density at radius 2 is 2.55 bits per heavy atom. The molecule has 1 aliphatic rings. The molecule has 0 aliphatic carbocycles. The Morgan fingerprint density at radius 3 is 3.09 bits per heavy atom. The molecule has 64 valence electrons. The summed E-state index contributed by atoms with van der Waals surface area (Å²) < 4.78 is 0. The molecular formula is C7H15N3O. The minimum atomic E-state index is -0.305. The molecule has 11 heavy (non-hydrogen) atoms. The van der Waals surface area contributed by atoms with Crippen molar-refractivity contribution in [1.82, 2.24) is 4.90 Å². The predicted molar refractivity (Wildman–Crippen MR) is 44.6 cm³/mol. The van der Waals surface area contributed by atoms with E-state index in [-0.39, 0.29) is 12.6 Å². The number of hydrogen-bond donors (Lipinski definition) is 2. The predicted octanol–water partition coefficient (Wildman–Crippen LogP) is -0.960. The van der Waals surface area contributed by atoms with E-state index in [1.54, 1.807) is 0 Å². The molecule has 1 rings (SSSR count). The van der Waals surface area contributed by atoms with Gasteiger partial charge < -0.3 is 15.7 Å². The lowest BCUT2D eigenvalue weighted by Crippen LogP contribution is -2.46.